The molecule has 0 aliphatic carbocycles. The van der Waals surface area contributed by atoms with E-state index >= 15 is 0 Å². The molecule has 0 fully saturated rings. The third kappa shape index (κ3) is 3.17. The van der Waals surface area contributed by atoms with Crippen LogP contribution in [0, 0.1) is 11.6 Å². The van der Waals surface area contributed by atoms with Crippen LogP contribution in [-0.4, -0.2) is 26.5 Å². The zero-order chi connectivity index (χ0) is 18.1. The van der Waals surface area contributed by atoms with Crippen molar-refractivity contribution in [3.63, 3.8) is 0 Å². The van der Waals surface area contributed by atoms with Gasteiger partial charge in [0.2, 0.25) is 0 Å². The standard InChI is InChI=1S/C19H16F2N4S/c20-13-3-1-12(2-4-13)18-17-16(22-11-23-17)9-10-25(18)19(26)24-15-7-5-14(21)6-8-15/h1-8,11,18H,9-10H2,(H,22,23)(H,24,26). The first kappa shape index (κ1) is 16.7. The Morgan fingerprint density at radius 3 is 2.42 bits per heavy atom. The monoisotopic (exact) mass is 370 g/mol. The third-order valence-corrected chi connectivity index (χ3v) is 4.80. The molecule has 0 radical (unpaired) electrons. The SMILES string of the molecule is Fc1ccc(NC(=S)N2CCc3[nH]cnc3C2c2ccc(F)cc2)cc1. The van der Waals surface area contributed by atoms with Gasteiger partial charge >= 0.3 is 0 Å². The van der Waals surface area contributed by atoms with E-state index in [0.29, 0.717) is 17.3 Å². The highest BCUT2D eigenvalue weighted by Gasteiger charge is 2.32. The molecule has 1 aliphatic heterocycles. The number of benzene rings is 2. The van der Waals surface area contributed by atoms with Crippen LogP contribution in [0.4, 0.5) is 14.5 Å². The fraction of sp³-hybridized carbons (Fsp3) is 0.158. The van der Waals surface area contributed by atoms with Gasteiger partial charge in [-0.1, -0.05) is 12.1 Å². The van der Waals surface area contributed by atoms with Gasteiger partial charge in [-0.15, -0.1) is 0 Å². The highest BCUT2D eigenvalue weighted by atomic mass is 32.1. The highest BCUT2D eigenvalue weighted by molar-refractivity contribution is 7.80. The Bertz CT molecular complexity index is 921. The first-order valence-electron chi connectivity index (χ1n) is 8.22. The van der Waals surface area contributed by atoms with Crippen molar-refractivity contribution in [2.45, 2.75) is 12.5 Å². The number of thiocarbonyl (C=S) groups is 1. The maximum Gasteiger partial charge on any atom is 0.174 e. The minimum Gasteiger partial charge on any atom is -0.348 e. The number of fused-ring (bicyclic) bond motifs is 1. The second kappa shape index (κ2) is 6.84. The predicted octanol–water partition coefficient (Wildman–Crippen LogP) is 4.03. The number of hydrogen-bond acceptors (Lipinski definition) is 2. The van der Waals surface area contributed by atoms with Crippen LogP contribution in [0.25, 0.3) is 0 Å². The molecule has 1 atom stereocenters. The average Bonchev–Trinajstić information content (AvgIpc) is 3.12. The molecule has 132 valence electrons. The van der Waals surface area contributed by atoms with Crippen molar-refractivity contribution < 1.29 is 8.78 Å². The predicted molar refractivity (Wildman–Crippen MR) is 99.9 cm³/mol. The number of halogens is 2. The zero-order valence-electron chi connectivity index (χ0n) is 13.7. The van der Waals surface area contributed by atoms with Crippen molar-refractivity contribution >= 4 is 23.0 Å². The number of nitrogens with zero attached hydrogens (tertiary/aromatic N) is 2. The minimum atomic E-state index is -0.301. The summed E-state index contributed by atoms with van der Waals surface area (Å²) in [7, 11) is 0. The third-order valence-electron chi connectivity index (χ3n) is 4.47. The summed E-state index contributed by atoms with van der Waals surface area (Å²) >= 11 is 5.60. The molecule has 3 aromatic rings. The first-order chi connectivity index (χ1) is 12.6. The lowest BCUT2D eigenvalue weighted by atomic mass is 9.96. The van der Waals surface area contributed by atoms with Gasteiger partial charge in [-0.25, -0.2) is 13.8 Å². The smallest absolute Gasteiger partial charge is 0.174 e. The molecule has 2 heterocycles. The Balaban J connectivity index is 1.66. The van der Waals surface area contributed by atoms with Crippen molar-refractivity contribution in [2.75, 3.05) is 11.9 Å². The van der Waals surface area contributed by atoms with Gasteiger partial charge in [0, 0.05) is 24.3 Å². The van der Waals surface area contributed by atoms with E-state index in [4.69, 9.17) is 12.2 Å². The number of anilines is 1. The van der Waals surface area contributed by atoms with Crippen LogP contribution in [0.1, 0.15) is 23.0 Å². The zero-order valence-corrected chi connectivity index (χ0v) is 14.6. The van der Waals surface area contributed by atoms with Crippen molar-refractivity contribution in [1.82, 2.24) is 14.9 Å². The molecular weight excluding hydrogens is 354 g/mol. The molecule has 0 amide bonds. The Labute approximate surface area is 154 Å². The van der Waals surface area contributed by atoms with Gasteiger partial charge in [-0.3, -0.25) is 0 Å². The van der Waals surface area contributed by atoms with Crippen molar-refractivity contribution in [3.8, 4) is 0 Å². The Hall–Kier alpha value is -2.80. The Morgan fingerprint density at radius 2 is 1.73 bits per heavy atom. The highest BCUT2D eigenvalue weighted by Crippen LogP contribution is 2.33. The molecule has 0 spiro atoms. The summed E-state index contributed by atoms with van der Waals surface area (Å²) in [4.78, 5) is 9.65. The van der Waals surface area contributed by atoms with Crippen LogP contribution < -0.4 is 5.32 Å². The summed E-state index contributed by atoms with van der Waals surface area (Å²) < 4.78 is 26.5. The van der Waals surface area contributed by atoms with Crippen LogP contribution >= 0.6 is 12.2 Å². The number of nitrogens with one attached hydrogen (secondary N) is 2. The van der Waals surface area contributed by atoms with E-state index in [0.717, 1.165) is 23.4 Å². The summed E-state index contributed by atoms with van der Waals surface area (Å²) in [5.41, 5.74) is 3.55. The van der Waals surface area contributed by atoms with Crippen molar-refractivity contribution in [1.29, 1.82) is 0 Å². The maximum atomic E-state index is 13.4. The van der Waals surface area contributed by atoms with Crippen molar-refractivity contribution in [3.05, 3.63) is 83.4 Å². The topological polar surface area (TPSA) is 44.0 Å². The fourth-order valence-electron chi connectivity index (χ4n) is 3.21. The molecule has 1 aromatic heterocycles. The number of H-pyrrole nitrogens is 1. The van der Waals surface area contributed by atoms with Gasteiger partial charge in [0.15, 0.2) is 5.11 Å². The van der Waals surface area contributed by atoms with Gasteiger partial charge in [0.05, 0.1) is 12.0 Å². The number of rotatable bonds is 2. The lowest BCUT2D eigenvalue weighted by Gasteiger charge is -2.37. The van der Waals surface area contributed by atoms with Gasteiger partial charge in [-0.05, 0) is 54.2 Å². The Morgan fingerprint density at radius 1 is 1.08 bits per heavy atom. The van der Waals surface area contributed by atoms with E-state index in [-0.39, 0.29) is 17.7 Å². The van der Waals surface area contributed by atoms with E-state index in [1.54, 1.807) is 30.6 Å². The molecule has 2 N–H and O–H groups in total. The second-order valence-corrected chi connectivity index (χ2v) is 6.49. The molecule has 0 bridgehead atoms. The summed E-state index contributed by atoms with van der Waals surface area (Å²) in [6, 6.07) is 12.2. The molecule has 4 nitrogen and oxygen atoms in total. The number of aromatic amines is 1. The molecule has 7 heteroatoms. The summed E-state index contributed by atoms with van der Waals surface area (Å²) in [5, 5.41) is 3.67. The van der Waals surface area contributed by atoms with E-state index in [1.807, 2.05) is 4.90 Å². The minimum absolute atomic E-state index is 0.217. The molecule has 1 aliphatic rings. The van der Waals surface area contributed by atoms with Crippen LogP contribution in [0.2, 0.25) is 0 Å². The molecular formula is C19H16F2N4S. The van der Waals surface area contributed by atoms with Crippen LogP contribution in [0.5, 0.6) is 0 Å². The van der Waals surface area contributed by atoms with E-state index in [9.17, 15) is 8.78 Å². The van der Waals surface area contributed by atoms with Crippen LogP contribution in [-0.2, 0) is 6.42 Å². The normalized spacial score (nSPS) is 16.2. The van der Waals surface area contributed by atoms with E-state index in [2.05, 4.69) is 15.3 Å². The van der Waals surface area contributed by atoms with E-state index in [1.165, 1.54) is 24.3 Å². The summed E-state index contributed by atoms with van der Waals surface area (Å²) in [5.74, 6) is -0.588. The molecule has 4 rings (SSSR count). The van der Waals surface area contributed by atoms with Gasteiger partial charge in [0.25, 0.3) is 0 Å². The molecule has 0 saturated carbocycles. The molecule has 26 heavy (non-hydrogen) atoms. The fourth-order valence-corrected chi connectivity index (χ4v) is 3.52. The molecule has 1 unspecified atom stereocenters. The second-order valence-electron chi connectivity index (χ2n) is 6.10. The van der Waals surface area contributed by atoms with Gasteiger partial charge in [0.1, 0.15) is 17.7 Å². The van der Waals surface area contributed by atoms with Gasteiger partial charge < -0.3 is 15.2 Å². The number of aromatic nitrogens is 2. The van der Waals surface area contributed by atoms with Crippen molar-refractivity contribution in [2.24, 2.45) is 0 Å². The van der Waals surface area contributed by atoms with E-state index < -0.39 is 0 Å². The largest absolute Gasteiger partial charge is 0.348 e. The first-order valence-corrected chi connectivity index (χ1v) is 8.63. The lowest BCUT2D eigenvalue weighted by Crippen LogP contribution is -2.43. The maximum absolute atomic E-state index is 13.4. The average molecular weight is 370 g/mol. The number of imidazole rings is 1. The quantitative estimate of drug-likeness (QED) is 0.669. The summed E-state index contributed by atoms with van der Waals surface area (Å²) in [6.07, 6.45) is 2.44. The van der Waals surface area contributed by atoms with Crippen LogP contribution in [0.3, 0.4) is 0 Å². The van der Waals surface area contributed by atoms with Gasteiger partial charge in [-0.2, -0.15) is 0 Å². The summed E-state index contributed by atoms with van der Waals surface area (Å²) in [6.45, 7) is 0.685. The Kier molecular flexibility index (Phi) is 4.38. The van der Waals surface area contributed by atoms with Crippen LogP contribution in [0.15, 0.2) is 54.9 Å². The molecule has 0 saturated heterocycles. The molecule has 2 aromatic carbocycles. The lowest BCUT2D eigenvalue weighted by molar-refractivity contribution is 0.336. The number of hydrogen-bond donors (Lipinski definition) is 2.